The van der Waals surface area contributed by atoms with E-state index in [1.165, 1.54) is 25.4 Å². The van der Waals surface area contributed by atoms with E-state index in [2.05, 4.69) is 5.32 Å². The van der Waals surface area contributed by atoms with Crippen molar-refractivity contribution >= 4 is 46.4 Å². The SMILES string of the molecule is COCC(C)(NC(=O)CCCc1cc(Cl)sc1Cl)C(=O)O. The van der Waals surface area contributed by atoms with Crippen LogP contribution in [0, 0.1) is 0 Å². The van der Waals surface area contributed by atoms with Crippen molar-refractivity contribution in [2.75, 3.05) is 13.7 Å². The number of nitrogens with one attached hydrogen (secondary N) is 1. The molecule has 0 radical (unpaired) electrons. The molecule has 2 N–H and O–H groups in total. The van der Waals surface area contributed by atoms with E-state index in [9.17, 15) is 9.59 Å². The van der Waals surface area contributed by atoms with E-state index < -0.39 is 11.5 Å². The fraction of sp³-hybridized carbons (Fsp3) is 0.538. The summed E-state index contributed by atoms with van der Waals surface area (Å²) in [6.45, 7) is 1.31. The molecule has 0 aliphatic carbocycles. The molecule has 0 aromatic carbocycles. The van der Waals surface area contributed by atoms with Gasteiger partial charge in [0.05, 0.1) is 15.3 Å². The van der Waals surface area contributed by atoms with E-state index in [0.29, 0.717) is 21.5 Å². The summed E-state index contributed by atoms with van der Waals surface area (Å²) in [6, 6.07) is 1.78. The number of carbonyl (C=O) groups is 2. The van der Waals surface area contributed by atoms with E-state index in [4.69, 9.17) is 33.0 Å². The summed E-state index contributed by atoms with van der Waals surface area (Å²) in [6.07, 6.45) is 1.38. The number of aliphatic carboxylic acids is 1. The van der Waals surface area contributed by atoms with Gasteiger partial charge in [0.1, 0.15) is 0 Å². The summed E-state index contributed by atoms with van der Waals surface area (Å²) in [4.78, 5) is 23.0. The van der Waals surface area contributed by atoms with E-state index in [-0.39, 0.29) is 18.9 Å². The first-order valence-electron chi connectivity index (χ1n) is 6.25. The highest BCUT2D eigenvalue weighted by Crippen LogP contribution is 2.32. The highest BCUT2D eigenvalue weighted by Gasteiger charge is 2.34. The van der Waals surface area contributed by atoms with Crippen LogP contribution in [0.5, 0.6) is 0 Å². The van der Waals surface area contributed by atoms with Crippen LogP contribution >= 0.6 is 34.5 Å². The average molecular weight is 354 g/mol. The first-order chi connectivity index (χ1) is 9.78. The summed E-state index contributed by atoms with van der Waals surface area (Å²) < 4.78 is 6.06. The van der Waals surface area contributed by atoms with Crippen LogP contribution in [-0.2, 0) is 20.7 Å². The minimum atomic E-state index is -1.42. The molecule has 1 amide bonds. The number of ether oxygens (including phenoxy) is 1. The van der Waals surface area contributed by atoms with Crippen LogP contribution < -0.4 is 5.32 Å². The van der Waals surface area contributed by atoms with Crippen LogP contribution in [0.25, 0.3) is 0 Å². The van der Waals surface area contributed by atoms with Crippen molar-refractivity contribution in [2.45, 2.75) is 31.7 Å². The van der Waals surface area contributed by atoms with Crippen molar-refractivity contribution in [3.8, 4) is 0 Å². The van der Waals surface area contributed by atoms with Crippen molar-refractivity contribution < 1.29 is 19.4 Å². The highest BCUT2D eigenvalue weighted by molar-refractivity contribution is 7.20. The minimum absolute atomic E-state index is 0.0972. The maximum Gasteiger partial charge on any atom is 0.331 e. The first-order valence-corrected chi connectivity index (χ1v) is 7.83. The van der Waals surface area contributed by atoms with Gasteiger partial charge >= 0.3 is 5.97 Å². The van der Waals surface area contributed by atoms with Crippen LogP contribution in [0.1, 0.15) is 25.3 Å². The third kappa shape index (κ3) is 5.47. The zero-order chi connectivity index (χ0) is 16.0. The van der Waals surface area contributed by atoms with Crippen molar-refractivity contribution in [2.24, 2.45) is 0 Å². The van der Waals surface area contributed by atoms with Crippen molar-refractivity contribution in [1.82, 2.24) is 5.32 Å². The van der Waals surface area contributed by atoms with Crippen LogP contribution in [-0.4, -0.2) is 36.2 Å². The highest BCUT2D eigenvalue weighted by atomic mass is 35.5. The van der Waals surface area contributed by atoms with Gasteiger partial charge in [0.25, 0.3) is 0 Å². The Balaban J connectivity index is 2.47. The smallest absolute Gasteiger partial charge is 0.331 e. The largest absolute Gasteiger partial charge is 0.479 e. The number of rotatable bonds is 8. The van der Waals surface area contributed by atoms with Gasteiger partial charge in [-0.15, -0.1) is 11.3 Å². The zero-order valence-electron chi connectivity index (χ0n) is 11.7. The van der Waals surface area contributed by atoms with Gasteiger partial charge in [-0.05, 0) is 31.4 Å². The van der Waals surface area contributed by atoms with E-state index in [1.807, 2.05) is 0 Å². The predicted molar refractivity (Wildman–Crippen MR) is 83.3 cm³/mol. The van der Waals surface area contributed by atoms with Gasteiger partial charge in [0.2, 0.25) is 5.91 Å². The number of thiophene rings is 1. The van der Waals surface area contributed by atoms with Crippen LogP contribution in [0.3, 0.4) is 0 Å². The second kappa shape index (κ2) is 7.98. The summed E-state index contributed by atoms with van der Waals surface area (Å²) in [7, 11) is 1.38. The Bertz CT molecular complexity index is 520. The second-order valence-corrected chi connectivity index (χ2v) is 7.11. The molecular weight excluding hydrogens is 337 g/mol. The van der Waals surface area contributed by atoms with Gasteiger partial charge in [0, 0.05) is 13.5 Å². The predicted octanol–water partition coefficient (Wildman–Crippen LogP) is 2.98. The van der Waals surface area contributed by atoms with Gasteiger partial charge in [-0.2, -0.15) is 0 Å². The van der Waals surface area contributed by atoms with Crippen LogP contribution in [0.4, 0.5) is 0 Å². The maximum absolute atomic E-state index is 11.8. The molecule has 0 saturated heterocycles. The molecule has 5 nitrogen and oxygen atoms in total. The molecule has 0 bridgehead atoms. The molecule has 1 atom stereocenters. The van der Waals surface area contributed by atoms with Gasteiger partial charge in [-0.25, -0.2) is 4.79 Å². The Kier molecular flexibility index (Phi) is 6.93. The summed E-state index contributed by atoms with van der Waals surface area (Å²) >= 11 is 13.1. The molecule has 0 saturated carbocycles. The zero-order valence-corrected chi connectivity index (χ0v) is 14.1. The number of halogens is 2. The Morgan fingerprint density at radius 1 is 1.48 bits per heavy atom. The molecule has 1 heterocycles. The van der Waals surface area contributed by atoms with Crippen molar-refractivity contribution in [3.05, 3.63) is 20.3 Å². The Morgan fingerprint density at radius 3 is 2.62 bits per heavy atom. The molecule has 118 valence electrons. The molecule has 1 unspecified atom stereocenters. The lowest BCUT2D eigenvalue weighted by atomic mass is 10.0. The van der Waals surface area contributed by atoms with Gasteiger partial charge < -0.3 is 15.2 Å². The monoisotopic (exact) mass is 353 g/mol. The molecule has 1 aromatic rings. The van der Waals surface area contributed by atoms with Crippen molar-refractivity contribution in [1.29, 1.82) is 0 Å². The number of amides is 1. The Hall–Kier alpha value is -0.820. The van der Waals surface area contributed by atoms with Crippen molar-refractivity contribution in [3.63, 3.8) is 0 Å². The fourth-order valence-corrected chi connectivity index (χ4v) is 3.34. The molecule has 21 heavy (non-hydrogen) atoms. The first kappa shape index (κ1) is 18.2. The maximum atomic E-state index is 11.8. The summed E-state index contributed by atoms with van der Waals surface area (Å²) in [5, 5.41) is 11.6. The number of carbonyl (C=O) groups excluding carboxylic acids is 1. The number of aryl methyl sites for hydroxylation is 1. The quantitative estimate of drug-likeness (QED) is 0.753. The normalized spacial score (nSPS) is 13.7. The second-order valence-electron chi connectivity index (χ2n) is 4.82. The van der Waals surface area contributed by atoms with E-state index >= 15 is 0 Å². The molecule has 1 aromatic heterocycles. The summed E-state index contributed by atoms with van der Waals surface area (Å²) in [5.41, 5.74) is -0.521. The third-order valence-electron chi connectivity index (χ3n) is 2.90. The molecule has 1 rings (SSSR count). The number of hydrogen-bond acceptors (Lipinski definition) is 4. The minimum Gasteiger partial charge on any atom is -0.479 e. The van der Waals surface area contributed by atoms with Crippen LogP contribution in [0.2, 0.25) is 8.67 Å². The molecule has 0 spiro atoms. The third-order valence-corrected chi connectivity index (χ3v) is 4.47. The molecule has 8 heteroatoms. The lowest BCUT2D eigenvalue weighted by Gasteiger charge is -2.25. The van der Waals surface area contributed by atoms with Gasteiger partial charge in [-0.1, -0.05) is 23.2 Å². The van der Waals surface area contributed by atoms with Gasteiger partial charge in [0.15, 0.2) is 5.54 Å². The number of carboxylic acid groups (broad SMARTS) is 1. The number of carboxylic acids is 1. The standard InChI is InChI=1S/C13H17Cl2NO4S/c1-13(7-20-2,12(18)19)16-10(17)5-3-4-8-6-9(14)21-11(8)15/h6H,3-5,7H2,1-2H3,(H,16,17)(H,18,19). The van der Waals surface area contributed by atoms with E-state index in [1.54, 1.807) is 6.07 Å². The molecule has 0 fully saturated rings. The molecular formula is C13H17Cl2NO4S. The Labute approximate surface area is 137 Å². The fourth-order valence-electron chi connectivity index (χ4n) is 1.79. The lowest BCUT2D eigenvalue weighted by Crippen LogP contribution is -2.55. The molecule has 0 aliphatic rings. The average Bonchev–Trinajstić information content (AvgIpc) is 2.68. The molecule has 0 aliphatic heterocycles. The Morgan fingerprint density at radius 2 is 2.14 bits per heavy atom. The van der Waals surface area contributed by atoms with Gasteiger partial charge in [-0.3, -0.25) is 4.79 Å². The van der Waals surface area contributed by atoms with Crippen LogP contribution in [0.15, 0.2) is 6.07 Å². The van der Waals surface area contributed by atoms with E-state index in [0.717, 1.165) is 5.56 Å². The summed E-state index contributed by atoms with van der Waals surface area (Å²) in [5.74, 6) is -1.47. The lowest BCUT2D eigenvalue weighted by molar-refractivity contribution is -0.149. The topological polar surface area (TPSA) is 75.6 Å². The number of methoxy groups -OCH3 is 1. The number of hydrogen-bond donors (Lipinski definition) is 2.